The molecule has 74 valence electrons. The highest BCUT2D eigenvalue weighted by Gasteiger charge is 2.08. The Morgan fingerprint density at radius 3 is 2.79 bits per heavy atom. The predicted octanol–water partition coefficient (Wildman–Crippen LogP) is 3.46. The smallest absolute Gasteiger partial charge is 0.0414 e. The molecule has 1 N–H and O–H groups in total. The second-order valence-electron chi connectivity index (χ2n) is 3.32. The molecule has 1 nitrogen and oxygen atoms in total. The van der Waals surface area contributed by atoms with E-state index in [4.69, 9.17) is 0 Å². The average molecular weight is 187 g/mol. The van der Waals surface area contributed by atoms with Crippen LogP contribution in [0.1, 0.15) is 19.8 Å². The van der Waals surface area contributed by atoms with E-state index in [-0.39, 0.29) is 0 Å². The molecule has 0 aliphatic heterocycles. The third-order valence-electron chi connectivity index (χ3n) is 2.35. The molecule has 1 rings (SSSR count). The summed E-state index contributed by atoms with van der Waals surface area (Å²) in [5.41, 5.74) is 4.46. The second kappa shape index (κ2) is 4.66. The lowest BCUT2D eigenvalue weighted by molar-refractivity contribution is 0.994. The summed E-state index contributed by atoms with van der Waals surface area (Å²) in [6, 6.07) is 0. The summed E-state index contributed by atoms with van der Waals surface area (Å²) in [5.74, 6) is 0. The summed E-state index contributed by atoms with van der Waals surface area (Å²) in [6.45, 7) is 13.8. The third-order valence-corrected chi connectivity index (χ3v) is 2.35. The second-order valence-corrected chi connectivity index (χ2v) is 3.32. The molecule has 1 aliphatic rings. The zero-order chi connectivity index (χ0) is 10.6. The van der Waals surface area contributed by atoms with Gasteiger partial charge in [-0.3, -0.25) is 0 Å². The third kappa shape index (κ3) is 2.25. The average Bonchev–Trinajstić information content (AvgIpc) is 2.29. The van der Waals surface area contributed by atoms with E-state index in [1.165, 1.54) is 5.57 Å². The molecule has 1 aliphatic carbocycles. The first kappa shape index (κ1) is 10.6. The van der Waals surface area contributed by atoms with Crippen molar-refractivity contribution in [2.45, 2.75) is 19.8 Å². The summed E-state index contributed by atoms with van der Waals surface area (Å²) in [4.78, 5) is 0. The summed E-state index contributed by atoms with van der Waals surface area (Å²) < 4.78 is 0. The van der Waals surface area contributed by atoms with Crippen LogP contribution < -0.4 is 5.32 Å². The van der Waals surface area contributed by atoms with Gasteiger partial charge in [-0.25, -0.2) is 0 Å². The van der Waals surface area contributed by atoms with Gasteiger partial charge in [0.1, 0.15) is 0 Å². The molecule has 1 heteroatoms. The lowest BCUT2D eigenvalue weighted by Gasteiger charge is -2.08. The van der Waals surface area contributed by atoms with E-state index in [1.54, 1.807) is 6.20 Å². The van der Waals surface area contributed by atoms with Crippen LogP contribution in [0.2, 0.25) is 0 Å². The van der Waals surface area contributed by atoms with Gasteiger partial charge in [-0.05, 0) is 41.8 Å². The molecular formula is C13H17N. The molecule has 0 aromatic carbocycles. The molecule has 0 amide bonds. The molecule has 0 atom stereocenters. The zero-order valence-electron chi connectivity index (χ0n) is 8.77. The Balaban J connectivity index is 3.03. The van der Waals surface area contributed by atoms with Crippen LogP contribution >= 0.6 is 0 Å². The molecule has 0 aromatic rings. The van der Waals surface area contributed by atoms with Gasteiger partial charge in [0.25, 0.3) is 0 Å². The summed E-state index contributed by atoms with van der Waals surface area (Å²) in [6.07, 6.45) is 7.82. The van der Waals surface area contributed by atoms with E-state index in [0.29, 0.717) is 0 Å². The Hall–Kier alpha value is -1.50. The Morgan fingerprint density at radius 2 is 2.21 bits per heavy atom. The van der Waals surface area contributed by atoms with Crippen molar-refractivity contribution in [3.05, 3.63) is 60.5 Å². The van der Waals surface area contributed by atoms with Gasteiger partial charge < -0.3 is 5.32 Å². The molecule has 0 fully saturated rings. The fourth-order valence-electron chi connectivity index (χ4n) is 1.44. The van der Waals surface area contributed by atoms with Crippen LogP contribution in [0.5, 0.6) is 0 Å². The minimum absolute atomic E-state index is 0.890. The standard InChI is InChI=1S/C13H17N/c1-5-12-8-7-10(3)11(4)9-13(12)14-6-2/h6,8-9,14H,2-5,7H2,1H3. The zero-order valence-corrected chi connectivity index (χ0v) is 8.77. The minimum Gasteiger partial charge on any atom is -0.362 e. The quantitative estimate of drug-likeness (QED) is 0.713. The molecule has 0 spiro atoms. The number of nitrogens with one attached hydrogen (secondary N) is 1. The molecular weight excluding hydrogens is 170 g/mol. The lowest BCUT2D eigenvalue weighted by atomic mass is 10.1. The maximum absolute atomic E-state index is 3.98. The number of hydrogen-bond acceptors (Lipinski definition) is 1. The highest BCUT2D eigenvalue weighted by Crippen LogP contribution is 2.24. The van der Waals surface area contributed by atoms with Gasteiger partial charge in [0, 0.05) is 5.70 Å². The first-order valence-electron chi connectivity index (χ1n) is 4.84. The van der Waals surface area contributed by atoms with Gasteiger partial charge in [0.15, 0.2) is 0 Å². The first-order chi connectivity index (χ1) is 6.69. The van der Waals surface area contributed by atoms with Crippen molar-refractivity contribution in [1.82, 2.24) is 5.32 Å². The number of rotatable bonds is 3. The van der Waals surface area contributed by atoms with Crippen LogP contribution in [0, 0.1) is 0 Å². The SMILES string of the molecule is C=CNC1=CC(=C)C(=C)CC=C1CC. The van der Waals surface area contributed by atoms with Crippen LogP contribution in [0.3, 0.4) is 0 Å². The molecule has 0 heterocycles. The molecule has 0 aromatic heterocycles. The van der Waals surface area contributed by atoms with E-state index in [1.807, 2.05) is 6.08 Å². The van der Waals surface area contributed by atoms with Crippen molar-refractivity contribution < 1.29 is 0 Å². The van der Waals surface area contributed by atoms with Crippen LogP contribution in [0.4, 0.5) is 0 Å². The number of hydrogen-bond donors (Lipinski definition) is 1. The van der Waals surface area contributed by atoms with Gasteiger partial charge >= 0.3 is 0 Å². The van der Waals surface area contributed by atoms with Gasteiger partial charge in [-0.1, -0.05) is 32.7 Å². The number of allylic oxidation sites excluding steroid dienone is 5. The first-order valence-corrected chi connectivity index (χ1v) is 4.84. The summed E-state index contributed by atoms with van der Waals surface area (Å²) in [5, 5.41) is 3.13. The highest BCUT2D eigenvalue weighted by atomic mass is 14.8. The fourth-order valence-corrected chi connectivity index (χ4v) is 1.44. The largest absolute Gasteiger partial charge is 0.362 e. The topological polar surface area (TPSA) is 12.0 Å². The van der Waals surface area contributed by atoms with Gasteiger partial charge in [0.05, 0.1) is 0 Å². The molecule has 14 heavy (non-hydrogen) atoms. The van der Waals surface area contributed by atoms with Crippen molar-refractivity contribution in [3.8, 4) is 0 Å². The van der Waals surface area contributed by atoms with Crippen molar-refractivity contribution in [2.75, 3.05) is 0 Å². The van der Waals surface area contributed by atoms with Gasteiger partial charge in [-0.15, -0.1) is 0 Å². The monoisotopic (exact) mass is 187 g/mol. The molecule has 0 saturated heterocycles. The van der Waals surface area contributed by atoms with Crippen molar-refractivity contribution in [1.29, 1.82) is 0 Å². The Bertz CT molecular complexity index is 329. The van der Waals surface area contributed by atoms with Crippen molar-refractivity contribution >= 4 is 0 Å². The van der Waals surface area contributed by atoms with Crippen LogP contribution in [-0.2, 0) is 0 Å². The lowest BCUT2D eigenvalue weighted by Crippen LogP contribution is -2.06. The van der Waals surface area contributed by atoms with E-state index >= 15 is 0 Å². The Morgan fingerprint density at radius 1 is 1.50 bits per heavy atom. The van der Waals surface area contributed by atoms with E-state index < -0.39 is 0 Å². The molecule has 0 bridgehead atoms. The van der Waals surface area contributed by atoms with E-state index in [0.717, 1.165) is 29.7 Å². The van der Waals surface area contributed by atoms with E-state index in [2.05, 4.69) is 38.1 Å². The maximum Gasteiger partial charge on any atom is 0.0414 e. The van der Waals surface area contributed by atoms with Gasteiger partial charge in [0.2, 0.25) is 0 Å². The van der Waals surface area contributed by atoms with E-state index in [9.17, 15) is 0 Å². The Kier molecular flexibility index (Phi) is 3.52. The Labute approximate surface area is 86.2 Å². The summed E-state index contributed by atoms with van der Waals surface area (Å²) >= 11 is 0. The maximum atomic E-state index is 3.98. The molecule has 0 unspecified atom stereocenters. The van der Waals surface area contributed by atoms with Crippen molar-refractivity contribution in [3.63, 3.8) is 0 Å². The summed E-state index contributed by atoms with van der Waals surface area (Å²) in [7, 11) is 0. The highest BCUT2D eigenvalue weighted by molar-refractivity contribution is 5.47. The van der Waals surface area contributed by atoms with Crippen LogP contribution in [-0.4, -0.2) is 0 Å². The normalized spacial score (nSPS) is 16.9. The molecule has 0 radical (unpaired) electrons. The van der Waals surface area contributed by atoms with Gasteiger partial charge in [-0.2, -0.15) is 0 Å². The van der Waals surface area contributed by atoms with Crippen LogP contribution in [0.15, 0.2) is 60.5 Å². The fraction of sp³-hybridized carbons (Fsp3) is 0.231. The minimum atomic E-state index is 0.890. The van der Waals surface area contributed by atoms with Crippen molar-refractivity contribution in [2.24, 2.45) is 0 Å². The predicted molar refractivity (Wildman–Crippen MR) is 62.7 cm³/mol. The molecule has 0 saturated carbocycles. The van der Waals surface area contributed by atoms with Crippen LogP contribution in [0.25, 0.3) is 0 Å².